The molecule has 16 heavy (non-hydrogen) atoms. The Balaban J connectivity index is 1.81. The highest BCUT2D eigenvalue weighted by atomic mass is 32.1. The number of rotatable bonds is 3. The van der Waals surface area contributed by atoms with Crippen molar-refractivity contribution in [1.29, 1.82) is 0 Å². The number of hydrogen-bond donors (Lipinski definition) is 1. The van der Waals surface area contributed by atoms with Gasteiger partial charge in [-0.15, -0.1) is 11.3 Å². The van der Waals surface area contributed by atoms with Gasteiger partial charge in [0.25, 0.3) is 0 Å². The van der Waals surface area contributed by atoms with Crippen LogP contribution >= 0.6 is 11.3 Å². The van der Waals surface area contributed by atoms with Crippen molar-refractivity contribution in [2.75, 3.05) is 0 Å². The predicted octanol–water partition coefficient (Wildman–Crippen LogP) is 3.50. The van der Waals surface area contributed by atoms with Crippen LogP contribution in [0.15, 0.2) is 24.3 Å². The minimum atomic E-state index is 0.391. The van der Waals surface area contributed by atoms with Crippen LogP contribution in [0.1, 0.15) is 37.2 Å². The van der Waals surface area contributed by atoms with Crippen LogP contribution in [0.2, 0.25) is 0 Å². The summed E-state index contributed by atoms with van der Waals surface area (Å²) in [5.74, 6) is 0. The molecule has 1 aliphatic rings. The molecule has 2 nitrogen and oxygen atoms in total. The van der Waals surface area contributed by atoms with E-state index in [4.69, 9.17) is 0 Å². The first-order valence-electron chi connectivity index (χ1n) is 5.94. The monoisotopic (exact) mass is 232 g/mol. The van der Waals surface area contributed by atoms with E-state index in [-0.39, 0.29) is 0 Å². The molecule has 2 aromatic rings. The van der Waals surface area contributed by atoms with Gasteiger partial charge in [0.15, 0.2) is 0 Å². The van der Waals surface area contributed by atoms with Crippen LogP contribution in [0.3, 0.4) is 0 Å². The molecule has 1 unspecified atom stereocenters. The molecule has 84 valence electrons. The summed E-state index contributed by atoms with van der Waals surface area (Å²) in [6.07, 6.45) is 4.04. The van der Waals surface area contributed by atoms with Gasteiger partial charge in [-0.25, -0.2) is 4.98 Å². The maximum absolute atomic E-state index is 4.68. The molecule has 1 saturated carbocycles. The fraction of sp³-hybridized carbons (Fsp3) is 0.462. The maximum atomic E-state index is 4.68. The molecule has 1 heterocycles. The molecular weight excluding hydrogens is 216 g/mol. The van der Waals surface area contributed by atoms with Crippen molar-refractivity contribution in [2.45, 2.75) is 38.3 Å². The van der Waals surface area contributed by atoms with Gasteiger partial charge in [-0.3, -0.25) is 0 Å². The third-order valence-corrected chi connectivity index (χ3v) is 4.49. The van der Waals surface area contributed by atoms with Crippen molar-refractivity contribution in [3.05, 3.63) is 29.3 Å². The topological polar surface area (TPSA) is 24.9 Å². The van der Waals surface area contributed by atoms with E-state index in [0.29, 0.717) is 6.04 Å². The second-order valence-electron chi connectivity index (χ2n) is 4.54. The lowest BCUT2D eigenvalue weighted by atomic mass is 9.92. The van der Waals surface area contributed by atoms with Gasteiger partial charge in [0.05, 0.1) is 16.3 Å². The van der Waals surface area contributed by atoms with Gasteiger partial charge >= 0.3 is 0 Å². The highest BCUT2D eigenvalue weighted by molar-refractivity contribution is 7.18. The van der Waals surface area contributed by atoms with E-state index in [2.05, 4.69) is 41.5 Å². The largest absolute Gasteiger partial charge is 0.305 e. The van der Waals surface area contributed by atoms with Gasteiger partial charge in [0.1, 0.15) is 5.01 Å². The molecular formula is C13H16N2S. The molecule has 1 fully saturated rings. The molecule has 0 spiro atoms. The highest BCUT2D eigenvalue weighted by Crippen LogP contribution is 2.28. The Labute approximate surface area is 99.7 Å². The third-order valence-electron chi connectivity index (χ3n) is 3.27. The first-order valence-corrected chi connectivity index (χ1v) is 6.76. The van der Waals surface area contributed by atoms with E-state index in [0.717, 1.165) is 11.6 Å². The minimum absolute atomic E-state index is 0.391. The van der Waals surface area contributed by atoms with Crippen LogP contribution in [0.5, 0.6) is 0 Å². The lowest BCUT2D eigenvalue weighted by Gasteiger charge is -2.29. The summed E-state index contributed by atoms with van der Waals surface area (Å²) in [5.41, 5.74) is 1.13. The Morgan fingerprint density at radius 2 is 2.19 bits per heavy atom. The zero-order chi connectivity index (χ0) is 11.0. The Hall–Kier alpha value is -0.930. The van der Waals surface area contributed by atoms with E-state index < -0.39 is 0 Å². The van der Waals surface area contributed by atoms with E-state index in [1.54, 1.807) is 0 Å². The SMILES string of the molecule is CC(NC1CCC1)c1nc2ccccc2s1. The summed E-state index contributed by atoms with van der Waals surface area (Å²) in [5, 5.41) is 4.86. The fourth-order valence-electron chi connectivity index (χ4n) is 2.08. The molecule has 3 rings (SSSR count). The van der Waals surface area contributed by atoms with Crippen molar-refractivity contribution in [3.63, 3.8) is 0 Å². The molecule has 1 aromatic heterocycles. The molecule has 1 aliphatic carbocycles. The average molecular weight is 232 g/mol. The van der Waals surface area contributed by atoms with Crippen LogP contribution in [-0.4, -0.2) is 11.0 Å². The van der Waals surface area contributed by atoms with Crippen LogP contribution in [0.4, 0.5) is 0 Å². The van der Waals surface area contributed by atoms with Crippen LogP contribution in [0.25, 0.3) is 10.2 Å². The Morgan fingerprint density at radius 1 is 1.38 bits per heavy atom. The lowest BCUT2D eigenvalue weighted by Crippen LogP contribution is -2.36. The molecule has 0 saturated heterocycles. The minimum Gasteiger partial charge on any atom is -0.305 e. The van der Waals surface area contributed by atoms with Gasteiger partial charge in [-0.05, 0) is 31.9 Å². The van der Waals surface area contributed by atoms with Crippen molar-refractivity contribution in [3.8, 4) is 0 Å². The number of thiazole rings is 1. The summed E-state index contributed by atoms with van der Waals surface area (Å²) >= 11 is 1.81. The summed E-state index contributed by atoms with van der Waals surface area (Å²) in [7, 11) is 0. The molecule has 0 amide bonds. The predicted molar refractivity (Wildman–Crippen MR) is 68.8 cm³/mol. The zero-order valence-electron chi connectivity index (χ0n) is 9.44. The first-order chi connectivity index (χ1) is 7.83. The standard InChI is InChI=1S/C13H16N2S/c1-9(14-10-5-4-6-10)13-15-11-7-2-3-8-12(11)16-13/h2-3,7-10,14H,4-6H2,1H3. The lowest BCUT2D eigenvalue weighted by molar-refractivity contribution is 0.313. The number of fused-ring (bicyclic) bond motifs is 1. The molecule has 0 bridgehead atoms. The van der Waals surface area contributed by atoms with Gasteiger partial charge in [0.2, 0.25) is 0 Å². The van der Waals surface area contributed by atoms with E-state index >= 15 is 0 Å². The van der Waals surface area contributed by atoms with Crippen molar-refractivity contribution in [2.24, 2.45) is 0 Å². The van der Waals surface area contributed by atoms with Crippen LogP contribution in [0, 0.1) is 0 Å². The third kappa shape index (κ3) is 1.85. The van der Waals surface area contributed by atoms with Gasteiger partial charge in [-0.1, -0.05) is 18.6 Å². The molecule has 1 N–H and O–H groups in total. The molecule has 0 radical (unpaired) electrons. The molecule has 1 aromatic carbocycles. The summed E-state index contributed by atoms with van der Waals surface area (Å²) in [6.45, 7) is 2.22. The van der Waals surface area contributed by atoms with Gasteiger partial charge < -0.3 is 5.32 Å². The number of nitrogens with one attached hydrogen (secondary N) is 1. The quantitative estimate of drug-likeness (QED) is 0.876. The maximum Gasteiger partial charge on any atom is 0.111 e. The second-order valence-corrected chi connectivity index (χ2v) is 5.60. The van der Waals surface area contributed by atoms with Gasteiger partial charge in [-0.2, -0.15) is 0 Å². The van der Waals surface area contributed by atoms with Crippen molar-refractivity contribution in [1.82, 2.24) is 10.3 Å². The summed E-state index contributed by atoms with van der Waals surface area (Å²) < 4.78 is 1.29. The van der Waals surface area contributed by atoms with Crippen LogP contribution < -0.4 is 5.32 Å². The Bertz CT molecular complexity index is 454. The van der Waals surface area contributed by atoms with E-state index in [9.17, 15) is 0 Å². The summed E-state index contributed by atoms with van der Waals surface area (Å²) in [6, 6.07) is 9.48. The average Bonchev–Trinajstić information content (AvgIpc) is 2.66. The van der Waals surface area contributed by atoms with Gasteiger partial charge in [0, 0.05) is 6.04 Å². The highest BCUT2D eigenvalue weighted by Gasteiger charge is 2.21. The molecule has 0 aliphatic heterocycles. The number of aromatic nitrogens is 1. The van der Waals surface area contributed by atoms with Crippen LogP contribution in [-0.2, 0) is 0 Å². The Morgan fingerprint density at radius 3 is 2.88 bits per heavy atom. The van der Waals surface area contributed by atoms with E-state index in [1.165, 1.54) is 29.0 Å². The summed E-state index contributed by atoms with van der Waals surface area (Å²) in [4.78, 5) is 4.68. The number of nitrogens with zero attached hydrogens (tertiary/aromatic N) is 1. The van der Waals surface area contributed by atoms with Crippen molar-refractivity contribution < 1.29 is 0 Å². The Kier molecular flexibility index (Phi) is 2.65. The molecule has 3 heteroatoms. The first kappa shape index (κ1) is 10.2. The number of para-hydroxylation sites is 1. The normalized spacial score (nSPS) is 18.6. The second kappa shape index (κ2) is 4.15. The van der Waals surface area contributed by atoms with Crippen molar-refractivity contribution >= 4 is 21.6 Å². The number of hydrogen-bond acceptors (Lipinski definition) is 3. The number of benzene rings is 1. The fourth-order valence-corrected chi connectivity index (χ4v) is 3.05. The van der Waals surface area contributed by atoms with E-state index in [1.807, 2.05) is 11.3 Å². The molecule has 1 atom stereocenters. The zero-order valence-corrected chi connectivity index (χ0v) is 10.3. The smallest absolute Gasteiger partial charge is 0.111 e.